The minimum Gasteiger partial charge on any atom is -0.728 e. The molecule has 1 aliphatic rings. The molecule has 4 heteroatoms. The van der Waals surface area contributed by atoms with E-state index in [1.165, 1.54) is 0 Å². The van der Waals surface area contributed by atoms with Crippen molar-refractivity contribution in [2.24, 2.45) is 0 Å². The van der Waals surface area contributed by atoms with E-state index in [9.17, 15) is 5.21 Å². The third kappa shape index (κ3) is 3.25. The van der Waals surface area contributed by atoms with Crippen molar-refractivity contribution < 1.29 is 34.6 Å². The van der Waals surface area contributed by atoms with Crippen molar-refractivity contribution in [2.75, 3.05) is 6.54 Å². The van der Waals surface area contributed by atoms with Crippen LogP contribution in [-0.4, -0.2) is 11.9 Å². The summed E-state index contributed by atoms with van der Waals surface area (Å²) in [4.78, 5) is 0. The van der Waals surface area contributed by atoms with Crippen LogP contribution in [0.3, 0.4) is 0 Å². The van der Waals surface area contributed by atoms with Crippen LogP contribution in [0.1, 0.15) is 19.3 Å². The van der Waals surface area contributed by atoms with Gasteiger partial charge in [-0.05, 0) is 24.6 Å². The second-order valence-corrected chi connectivity index (χ2v) is 2.77. The zero-order valence-corrected chi connectivity index (χ0v) is 8.54. The van der Waals surface area contributed by atoms with Crippen molar-refractivity contribution in [3.05, 3.63) is 5.21 Å². The molecule has 1 rings (SSSR count). The van der Waals surface area contributed by atoms with E-state index in [4.69, 9.17) is 12.6 Å². The van der Waals surface area contributed by atoms with Crippen LogP contribution in [0.4, 0.5) is 0 Å². The van der Waals surface area contributed by atoms with E-state index in [2.05, 4.69) is 0 Å². The fourth-order valence-corrected chi connectivity index (χ4v) is 1.24. The average molecular weight is 155 g/mol. The van der Waals surface area contributed by atoms with E-state index in [0.717, 1.165) is 25.8 Å². The topological polar surface area (TPSA) is 27.5 Å². The predicted molar refractivity (Wildman–Crippen MR) is 34.2 cm³/mol. The number of quaternary nitrogens is 1. The van der Waals surface area contributed by atoms with Gasteiger partial charge < -0.3 is 22.9 Å². The quantitative estimate of drug-likeness (QED) is 0.223. The molecule has 0 aromatic carbocycles. The first-order valence-corrected chi connectivity index (χ1v) is 3.46. The molecular formula is C5H10NNaOS. The summed E-state index contributed by atoms with van der Waals surface area (Å²) in [5.41, 5.74) is 0. The summed E-state index contributed by atoms with van der Waals surface area (Å²) < 4.78 is 0. The van der Waals surface area contributed by atoms with Crippen LogP contribution in [0.5, 0.6) is 0 Å². The van der Waals surface area contributed by atoms with Gasteiger partial charge in [0.2, 0.25) is 0 Å². The fraction of sp³-hybridized carbons (Fsp3) is 1.00. The van der Waals surface area contributed by atoms with E-state index >= 15 is 0 Å². The predicted octanol–water partition coefficient (Wildman–Crippen LogP) is -3.57. The molecule has 48 valence electrons. The Labute approximate surface area is 83.3 Å². The summed E-state index contributed by atoms with van der Waals surface area (Å²) in [6.45, 7) is 0.730. The molecule has 2 atom stereocenters. The van der Waals surface area contributed by atoms with E-state index in [-0.39, 0.29) is 40.0 Å². The molecule has 1 heterocycles. The van der Waals surface area contributed by atoms with Crippen LogP contribution in [0.25, 0.3) is 0 Å². The molecule has 0 aromatic heterocycles. The SMILES string of the molecule is [Na+].[O-][NH+]1CCCCC1[S-]. The summed E-state index contributed by atoms with van der Waals surface area (Å²) in [6.07, 6.45) is 3.15. The van der Waals surface area contributed by atoms with E-state index in [0.29, 0.717) is 0 Å². The molecule has 0 spiro atoms. The summed E-state index contributed by atoms with van der Waals surface area (Å²) in [5, 5.41) is 10.9. The van der Waals surface area contributed by atoms with Gasteiger partial charge in [-0.15, -0.1) is 0 Å². The van der Waals surface area contributed by atoms with Gasteiger partial charge in [-0.2, -0.15) is 0 Å². The minimum absolute atomic E-state index is 0. The van der Waals surface area contributed by atoms with Gasteiger partial charge in [-0.3, -0.25) is 0 Å². The molecule has 9 heavy (non-hydrogen) atoms. The van der Waals surface area contributed by atoms with Gasteiger partial charge in [0.25, 0.3) is 0 Å². The number of rotatable bonds is 0. The number of hydrogen-bond donors (Lipinski definition) is 1. The number of hydrogen-bond acceptors (Lipinski definition) is 2. The fourth-order valence-electron chi connectivity index (χ4n) is 0.951. The number of piperidine rings is 1. The Morgan fingerprint density at radius 1 is 1.44 bits per heavy atom. The van der Waals surface area contributed by atoms with Crippen molar-refractivity contribution in [2.45, 2.75) is 24.6 Å². The van der Waals surface area contributed by atoms with Crippen LogP contribution in [0.15, 0.2) is 0 Å². The summed E-state index contributed by atoms with van der Waals surface area (Å²) in [5.74, 6) is 0. The standard InChI is InChI=1S/C5H11NOS.Na/c7-6-4-2-1-3-5(6)8;/h5-6,8H,1-4H2;/q;+1/p-1. The Morgan fingerprint density at radius 2 is 2.11 bits per heavy atom. The Bertz CT molecular complexity index is 73.4. The minimum atomic E-state index is -0.0521. The molecule has 0 radical (unpaired) electrons. The maximum atomic E-state index is 10.7. The smallest absolute Gasteiger partial charge is 0.728 e. The normalized spacial score (nSPS) is 35.3. The van der Waals surface area contributed by atoms with Crippen LogP contribution >= 0.6 is 0 Å². The molecule has 0 bridgehead atoms. The first-order valence-electron chi connectivity index (χ1n) is 2.99. The van der Waals surface area contributed by atoms with Crippen molar-refractivity contribution >= 4 is 12.6 Å². The monoisotopic (exact) mass is 155 g/mol. The third-order valence-corrected chi connectivity index (χ3v) is 2.00. The van der Waals surface area contributed by atoms with Gasteiger partial charge in [-0.1, -0.05) is 0 Å². The van der Waals surface area contributed by atoms with Gasteiger partial charge in [0.15, 0.2) is 0 Å². The Morgan fingerprint density at radius 3 is 2.44 bits per heavy atom. The van der Waals surface area contributed by atoms with Crippen LogP contribution in [-0.2, 0) is 12.6 Å². The molecule has 0 aliphatic carbocycles. The van der Waals surface area contributed by atoms with Crippen LogP contribution < -0.4 is 34.6 Å². The molecule has 1 N–H and O–H groups in total. The average Bonchev–Trinajstić information content (AvgIpc) is 1.77. The molecule has 2 unspecified atom stereocenters. The van der Waals surface area contributed by atoms with Crippen LogP contribution in [0.2, 0.25) is 0 Å². The first-order chi connectivity index (χ1) is 3.80. The van der Waals surface area contributed by atoms with E-state index in [1.54, 1.807) is 0 Å². The zero-order valence-electron chi connectivity index (χ0n) is 5.72. The Balaban J connectivity index is 0.000000640. The molecule has 0 amide bonds. The molecule has 1 fully saturated rings. The number of nitrogens with one attached hydrogen (secondary N) is 1. The van der Waals surface area contributed by atoms with Crippen molar-refractivity contribution in [1.82, 2.24) is 0 Å². The van der Waals surface area contributed by atoms with Crippen molar-refractivity contribution in [3.63, 3.8) is 0 Å². The van der Waals surface area contributed by atoms with Crippen molar-refractivity contribution in [1.29, 1.82) is 0 Å². The maximum absolute atomic E-state index is 10.7. The molecule has 2 nitrogen and oxygen atoms in total. The molecule has 0 saturated carbocycles. The van der Waals surface area contributed by atoms with Gasteiger partial charge in [0.05, 0.1) is 6.54 Å². The largest absolute Gasteiger partial charge is 1.00 e. The molecule has 1 aliphatic heterocycles. The maximum Gasteiger partial charge on any atom is 1.00 e. The summed E-state index contributed by atoms with van der Waals surface area (Å²) >= 11 is 4.86. The summed E-state index contributed by atoms with van der Waals surface area (Å²) in [7, 11) is 0. The van der Waals surface area contributed by atoms with Crippen LogP contribution in [0, 0.1) is 5.21 Å². The van der Waals surface area contributed by atoms with Gasteiger partial charge in [0.1, 0.15) is 0 Å². The van der Waals surface area contributed by atoms with Crippen molar-refractivity contribution in [3.8, 4) is 0 Å². The number of hydroxylamine groups is 2. The third-order valence-electron chi connectivity index (χ3n) is 1.50. The zero-order chi connectivity index (χ0) is 5.98. The van der Waals surface area contributed by atoms with Gasteiger partial charge in [0, 0.05) is 0 Å². The molecule has 0 aromatic rings. The Kier molecular flexibility index (Phi) is 5.70. The van der Waals surface area contributed by atoms with E-state index < -0.39 is 0 Å². The Hall–Kier alpha value is 1.27. The van der Waals surface area contributed by atoms with Gasteiger partial charge >= 0.3 is 29.6 Å². The summed E-state index contributed by atoms with van der Waals surface area (Å²) in [6, 6.07) is 0. The first kappa shape index (κ1) is 10.3. The van der Waals surface area contributed by atoms with Gasteiger partial charge in [-0.25, -0.2) is 0 Å². The second-order valence-electron chi connectivity index (χ2n) is 2.20. The second kappa shape index (κ2) is 4.99. The molecular weight excluding hydrogens is 145 g/mol. The molecule has 1 saturated heterocycles. The van der Waals surface area contributed by atoms with E-state index in [1.807, 2.05) is 0 Å².